The molecule has 68 heavy (non-hydrogen) atoms. The van der Waals surface area contributed by atoms with Crippen molar-refractivity contribution in [2.24, 2.45) is 0 Å². The third-order valence-electron chi connectivity index (χ3n) is 12.8. The zero-order valence-electron chi connectivity index (χ0n) is 45.1. The lowest BCUT2D eigenvalue weighted by molar-refractivity contribution is -0.167. The van der Waals surface area contributed by atoms with Gasteiger partial charge >= 0.3 is 17.9 Å². The molecule has 0 radical (unpaired) electrons. The highest BCUT2D eigenvalue weighted by Crippen LogP contribution is 2.16. The molecule has 1 atom stereocenters. The summed E-state index contributed by atoms with van der Waals surface area (Å²) in [6.45, 7) is 6.51. The standard InChI is InChI=1S/C62H110O6/c1-4-7-10-13-16-19-22-25-28-29-30-31-32-33-35-37-40-43-46-49-52-55-61(64)67-58-59(57-66-60(63)54-51-48-45-42-39-36-27-24-21-18-15-12-9-6-3)68-62(65)56-53-50-47-44-41-38-34-26-23-20-17-14-11-8-5-2/h8,11,17,20,24,26-27,34,41,44,59H,4-7,9-10,12-16,18-19,21-23,25,28-33,35-40,42-43,45-58H2,1-3H3/b11-8-,20-17-,27-24-,34-26-,44-41-. The van der Waals surface area contributed by atoms with Gasteiger partial charge in [-0.1, -0.05) is 255 Å². The summed E-state index contributed by atoms with van der Waals surface area (Å²) in [5, 5.41) is 0. The van der Waals surface area contributed by atoms with E-state index in [1.165, 1.54) is 167 Å². The maximum absolute atomic E-state index is 12.8. The Balaban J connectivity index is 4.36. The first-order valence-corrected chi connectivity index (χ1v) is 29.3. The Morgan fingerprint density at radius 1 is 0.309 bits per heavy atom. The van der Waals surface area contributed by atoms with E-state index in [0.717, 1.165) is 83.5 Å². The number of allylic oxidation sites excluding steroid dienone is 10. The van der Waals surface area contributed by atoms with Crippen LogP contribution in [0.3, 0.4) is 0 Å². The zero-order valence-corrected chi connectivity index (χ0v) is 45.1. The number of esters is 3. The van der Waals surface area contributed by atoms with Gasteiger partial charge in [0.15, 0.2) is 6.10 Å². The highest BCUT2D eigenvalue weighted by atomic mass is 16.6. The fourth-order valence-corrected chi connectivity index (χ4v) is 8.37. The van der Waals surface area contributed by atoms with Gasteiger partial charge in [-0.05, 0) is 83.5 Å². The molecule has 6 heteroatoms. The fourth-order valence-electron chi connectivity index (χ4n) is 8.37. The molecule has 0 spiro atoms. The van der Waals surface area contributed by atoms with Crippen molar-refractivity contribution >= 4 is 17.9 Å². The average Bonchev–Trinajstić information content (AvgIpc) is 3.34. The molecule has 0 aromatic carbocycles. The topological polar surface area (TPSA) is 78.9 Å². The SMILES string of the molecule is CC/C=C\C/C=C\C/C=C\C/C=C\CCCCC(=O)OC(COC(=O)CCCCCCC/C=C\CCCCCCC)COC(=O)CCCCCCCCCCCCCCCCCCCCCCC. The summed E-state index contributed by atoms with van der Waals surface area (Å²) in [6, 6.07) is 0. The van der Waals surface area contributed by atoms with E-state index in [1.54, 1.807) is 0 Å². The Bertz CT molecular complexity index is 1230. The molecule has 0 aliphatic heterocycles. The first-order valence-electron chi connectivity index (χ1n) is 29.3. The first kappa shape index (κ1) is 65.1. The molecule has 0 saturated carbocycles. The molecular weight excluding hydrogens is 841 g/mol. The number of hydrogen-bond donors (Lipinski definition) is 0. The third-order valence-corrected chi connectivity index (χ3v) is 12.8. The second-order valence-electron chi connectivity index (χ2n) is 19.5. The van der Waals surface area contributed by atoms with Gasteiger partial charge in [0.2, 0.25) is 0 Å². The molecule has 0 aromatic heterocycles. The molecule has 394 valence electrons. The molecule has 0 heterocycles. The summed E-state index contributed by atoms with van der Waals surface area (Å²) >= 11 is 0. The molecular formula is C62H110O6. The van der Waals surface area contributed by atoms with E-state index < -0.39 is 6.10 Å². The second kappa shape index (κ2) is 56.7. The van der Waals surface area contributed by atoms with Gasteiger partial charge < -0.3 is 14.2 Å². The van der Waals surface area contributed by atoms with Crippen LogP contribution in [0.5, 0.6) is 0 Å². The van der Waals surface area contributed by atoms with Crippen molar-refractivity contribution in [1.82, 2.24) is 0 Å². The van der Waals surface area contributed by atoms with E-state index in [2.05, 4.69) is 81.5 Å². The lowest BCUT2D eigenvalue weighted by Crippen LogP contribution is -2.30. The molecule has 6 nitrogen and oxygen atoms in total. The van der Waals surface area contributed by atoms with E-state index in [4.69, 9.17) is 14.2 Å². The highest BCUT2D eigenvalue weighted by molar-refractivity contribution is 5.71. The smallest absolute Gasteiger partial charge is 0.306 e. The van der Waals surface area contributed by atoms with E-state index in [1.807, 2.05) is 0 Å². The van der Waals surface area contributed by atoms with Crippen LogP contribution in [0.4, 0.5) is 0 Å². The van der Waals surface area contributed by atoms with Crippen molar-refractivity contribution in [3.63, 3.8) is 0 Å². The Morgan fingerprint density at radius 2 is 0.574 bits per heavy atom. The molecule has 0 rings (SSSR count). The normalized spacial score (nSPS) is 12.5. The van der Waals surface area contributed by atoms with Crippen molar-refractivity contribution in [3.8, 4) is 0 Å². The number of rotatable bonds is 53. The molecule has 1 unspecified atom stereocenters. The quantitative estimate of drug-likeness (QED) is 0.0262. The van der Waals surface area contributed by atoms with Gasteiger partial charge in [0.1, 0.15) is 13.2 Å². The van der Waals surface area contributed by atoms with Gasteiger partial charge in [-0.3, -0.25) is 14.4 Å². The van der Waals surface area contributed by atoms with Crippen molar-refractivity contribution in [3.05, 3.63) is 60.8 Å². The molecule has 0 amide bonds. The van der Waals surface area contributed by atoms with E-state index in [-0.39, 0.29) is 37.5 Å². The largest absolute Gasteiger partial charge is 0.462 e. The minimum Gasteiger partial charge on any atom is -0.462 e. The van der Waals surface area contributed by atoms with Crippen LogP contribution in [0.2, 0.25) is 0 Å². The summed E-state index contributed by atoms with van der Waals surface area (Å²) in [5.41, 5.74) is 0. The van der Waals surface area contributed by atoms with Crippen molar-refractivity contribution in [2.75, 3.05) is 13.2 Å². The lowest BCUT2D eigenvalue weighted by Gasteiger charge is -2.18. The minimum absolute atomic E-state index is 0.0909. The number of carbonyl (C=O) groups is 3. The van der Waals surface area contributed by atoms with Crippen LogP contribution in [-0.4, -0.2) is 37.2 Å². The van der Waals surface area contributed by atoms with E-state index in [9.17, 15) is 14.4 Å². The van der Waals surface area contributed by atoms with Crippen LogP contribution >= 0.6 is 0 Å². The Kier molecular flexibility index (Phi) is 54.3. The summed E-state index contributed by atoms with van der Waals surface area (Å²) < 4.78 is 16.8. The van der Waals surface area contributed by atoms with Gasteiger partial charge in [0.05, 0.1) is 0 Å². The third kappa shape index (κ3) is 54.1. The van der Waals surface area contributed by atoms with Gasteiger partial charge in [-0.2, -0.15) is 0 Å². The highest BCUT2D eigenvalue weighted by Gasteiger charge is 2.19. The first-order chi connectivity index (χ1) is 33.5. The van der Waals surface area contributed by atoms with Crippen molar-refractivity contribution in [1.29, 1.82) is 0 Å². The van der Waals surface area contributed by atoms with Gasteiger partial charge in [-0.25, -0.2) is 0 Å². The maximum atomic E-state index is 12.8. The summed E-state index contributed by atoms with van der Waals surface area (Å²) in [5.74, 6) is -0.929. The van der Waals surface area contributed by atoms with Crippen LogP contribution in [0.1, 0.15) is 297 Å². The molecule has 0 aliphatic rings. The predicted molar refractivity (Wildman–Crippen MR) is 293 cm³/mol. The second-order valence-corrected chi connectivity index (χ2v) is 19.5. The summed E-state index contributed by atoms with van der Waals surface area (Å²) in [7, 11) is 0. The van der Waals surface area contributed by atoms with Crippen LogP contribution in [0, 0.1) is 0 Å². The maximum Gasteiger partial charge on any atom is 0.306 e. The Hall–Kier alpha value is -2.89. The average molecular weight is 952 g/mol. The lowest BCUT2D eigenvalue weighted by atomic mass is 10.0. The van der Waals surface area contributed by atoms with E-state index in [0.29, 0.717) is 19.3 Å². The summed E-state index contributed by atoms with van der Waals surface area (Å²) in [4.78, 5) is 38.1. The molecule has 0 fully saturated rings. The fraction of sp³-hybridized carbons (Fsp3) is 0.790. The molecule has 0 aromatic rings. The molecule has 0 N–H and O–H groups in total. The number of ether oxygens (including phenoxy) is 3. The van der Waals surface area contributed by atoms with Gasteiger partial charge in [-0.15, -0.1) is 0 Å². The minimum atomic E-state index is -0.797. The van der Waals surface area contributed by atoms with Crippen molar-refractivity contribution in [2.45, 2.75) is 303 Å². The summed E-state index contributed by atoms with van der Waals surface area (Å²) in [6.07, 6.45) is 70.8. The Morgan fingerprint density at radius 3 is 0.941 bits per heavy atom. The molecule has 0 aliphatic carbocycles. The monoisotopic (exact) mass is 951 g/mol. The molecule has 0 bridgehead atoms. The van der Waals surface area contributed by atoms with Crippen molar-refractivity contribution < 1.29 is 28.6 Å². The van der Waals surface area contributed by atoms with Crippen LogP contribution in [0.25, 0.3) is 0 Å². The molecule has 0 saturated heterocycles. The number of carbonyl (C=O) groups excluding carboxylic acids is 3. The van der Waals surface area contributed by atoms with Crippen LogP contribution < -0.4 is 0 Å². The van der Waals surface area contributed by atoms with E-state index >= 15 is 0 Å². The van der Waals surface area contributed by atoms with Gasteiger partial charge in [0.25, 0.3) is 0 Å². The Labute approximate surface area is 421 Å². The predicted octanol–water partition coefficient (Wildman–Crippen LogP) is 19.6. The van der Waals surface area contributed by atoms with Crippen LogP contribution in [-0.2, 0) is 28.6 Å². The number of unbranched alkanes of at least 4 members (excludes halogenated alkanes) is 32. The zero-order chi connectivity index (χ0) is 49.3. The number of hydrogen-bond acceptors (Lipinski definition) is 6. The van der Waals surface area contributed by atoms with Crippen LogP contribution in [0.15, 0.2) is 60.8 Å². The van der Waals surface area contributed by atoms with Gasteiger partial charge in [0, 0.05) is 19.3 Å².